The first-order chi connectivity index (χ1) is 7.13. The monoisotopic (exact) mass is 208 g/mol. The van der Waals surface area contributed by atoms with E-state index in [1.54, 1.807) is 0 Å². The summed E-state index contributed by atoms with van der Waals surface area (Å²) in [6, 6.07) is 4.17. The highest BCUT2D eigenvalue weighted by molar-refractivity contribution is 5.99. The number of nitrogen functional groups attached to an aromatic ring is 1. The summed E-state index contributed by atoms with van der Waals surface area (Å²) in [5.41, 5.74) is 6.46. The normalized spacial score (nSPS) is 10.5. The maximum absolute atomic E-state index is 13.3. The number of rotatable bonds is 1. The summed E-state index contributed by atoms with van der Waals surface area (Å²) in [4.78, 5) is 13.8. The number of carbonyl (C=O) groups excluding carboxylic acids is 1. The number of ether oxygens (including phenoxy) is 1. The zero-order valence-electron chi connectivity index (χ0n) is 8.00. The smallest absolute Gasteiger partial charge is 0.354 e. The minimum atomic E-state index is -0.551. The van der Waals surface area contributed by atoms with E-state index in [0.29, 0.717) is 11.1 Å². The first-order valence-corrected chi connectivity index (χ1v) is 4.28. The van der Waals surface area contributed by atoms with E-state index in [9.17, 15) is 9.18 Å². The topological polar surface area (TPSA) is 68.1 Å². The number of fused-ring (bicyclic) bond motifs is 1. The standard InChI is InChI=1S/C10H9FN2O2/c1-15-10(14)8-4-5-7(12)3-2-6(11)9(5)13-8/h2-4,13H,12H2,1H3. The molecule has 0 saturated carbocycles. The number of esters is 1. The van der Waals surface area contributed by atoms with Crippen LogP contribution in [0.3, 0.4) is 0 Å². The second-order valence-electron chi connectivity index (χ2n) is 3.10. The molecule has 0 aliphatic rings. The van der Waals surface area contributed by atoms with Crippen LogP contribution in [0, 0.1) is 5.82 Å². The van der Waals surface area contributed by atoms with E-state index >= 15 is 0 Å². The molecule has 0 fully saturated rings. The molecule has 0 radical (unpaired) electrons. The van der Waals surface area contributed by atoms with Gasteiger partial charge in [0.1, 0.15) is 11.5 Å². The molecular weight excluding hydrogens is 199 g/mol. The molecule has 0 aliphatic heterocycles. The van der Waals surface area contributed by atoms with Gasteiger partial charge in [-0.05, 0) is 18.2 Å². The van der Waals surface area contributed by atoms with Crippen molar-refractivity contribution in [3.8, 4) is 0 Å². The molecule has 1 aromatic carbocycles. The van der Waals surface area contributed by atoms with Gasteiger partial charge in [-0.2, -0.15) is 0 Å². The summed E-state index contributed by atoms with van der Waals surface area (Å²) in [5, 5.41) is 0.482. The van der Waals surface area contributed by atoms with Crippen LogP contribution in [-0.2, 0) is 4.74 Å². The quantitative estimate of drug-likeness (QED) is 0.553. The van der Waals surface area contributed by atoms with E-state index in [-0.39, 0.29) is 11.2 Å². The van der Waals surface area contributed by atoms with E-state index in [4.69, 9.17) is 5.73 Å². The SMILES string of the molecule is COC(=O)c1cc2c(N)ccc(F)c2[nH]1. The van der Waals surface area contributed by atoms with Gasteiger partial charge in [0.05, 0.1) is 12.6 Å². The number of halogens is 1. The van der Waals surface area contributed by atoms with Crippen molar-refractivity contribution in [2.24, 2.45) is 0 Å². The maximum atomic E-state index is 13.3. The van der Waals surface area contributed by atoms with Gasteiger partial charge in [0.25, 0.3) is 0 Å². The Labute approximate surface area is 84.8 Å². The third-order valence-corrected chi connectivity index (χ3v) is 2.18. The average molecular weight is 208 g/mol. The molecule has 0 atom stereocenters. The van der Waals surface area contributed by atoms with Crippen LogP contribution in [0.1, 0.15) is 10.5 Å². The highest BCUT2D eigenvalue weighted by Gasteiger charge is 2.13. The van der Waals surface area contributed by atoms with Crippen molar-refractivity contribution in [1.82, 2.24) is 4.98 Å². The van der Waals surface area contributed by atoms with Crippen LogP contribution < -0.4 is 5.73 Å². The Morgan fingerprint density at radius 3 is 2.87 bits per heavy atom. The van der Waals surface area contributed by atoms with Crippen molar-refractivity contribution in [2.75, 3.05) is 12.8 Å². The Balaban J connectivity index is 2.70. The van der Waals surface area contributed by atoms with Crippen LogP contribution in [0.5, 0.6) is 0 Å². The molecule has 0 saturated heterocycles. The van der Waals surface area contributed by atoms with Crippen LogP contribution in [0.25, 0.3) is 10.9 Å². The third-order valence-electron chi connectivity index (χ3n) is 2.18. The number of anilines is 1. The molecule has 0 unspecified atom stereocenters. The lowest BCUT2D eigenvalue weighted by Crippen LogP contribution is -2.00. The first-order valence-electron chi connectivity index (χ1n) is 4.28. The minimum Gasteiger partial charge on any atom is -0.464 e. The van der Waals surface area contributed by atoms with Gasteiger partial charge >= 0.3 is 5.97 Å². The molecule has 0 aliphatic carbocycles. The van der Waals surface area contributed by atoms with Gasteiger partial charge in [0, 0.05) is 11.1 Å². The van der Waals surface area contributed by atoms with Crippen molar-refractivity contribution >= 4 is 22.6 Å². The van der Waals surface area contributed by atoms with Crippen LogP contribution >= 0.6 is 0 Å². The van der Waals surface area contributed by atoms with Gasteiger partial charge < -0.3 is 15.5 Å². The molecular formula is C10H9FN2O2. The molecule has 1 heterocycles. The molecule has 2 aromatic rings. The zero-order valence-corrected chi connectivity index (χ0v) is 8.00. The first kappa shape index (κ1) is 9.51. The van der Waals surface area contributed by atoms with Gasteiger partial charge in [0.2, 0.25) is 0 Å². The van der Waals surface area contributed by atoms with Crippen molar-refractivity contribution in [3.05, 3.63) is 29.7 Å². The van der Waals surface area contributed by atoms with Gasteiger partial charge in [-0.15, -0.1) is 0 Å². The number of nitrogens with one attached hydrogen (secondary N) is 1. The van der Waals surface area contributed by atoms with Crippen LogP contribution in [0.2, 0.25) is 0 Å². The molecule has 1 aromatic heterocycles. The number of hydrogen-bond donors (Lipinski definition) is 2. The summed E-state index contributed by atoms with van der Waals surface area (Å²) in [7, 11) is 1.26. The van der Waals surface area contributed by atoms with E-state index in [1.165, 1.54) is 25.3 Å². The van der Waals surface area contributed by atoms with Gasteiger partial charge in [-0.1, -0.05) is 0 Å². The Morgan fingerprint density at radius 1 is 1.53 bits per heavy atom. The lowest BCUT2D eigenvalue weighted by Gasteiger charge is -1.95. The Bertz CT molecular complexity index is 494. The molecule has 5 heteroatoms. The molecule has 4 nitrogen and oxygen atoms in total. The van der Waals surface area contributed by atoms with Crippen LogP contribution in [0.4, 0.5) is 10.1 Å². The van der Waals surface area contributed by atoms with E-state index < -0.39 is 11.8 Å². The van der Waals surface area contributed by atoms with Crippen LogP contribution in [-0.4, -0.2) is 18.1 Å². The summed E-state index contributed by atoms with van der Waals surface area (Å²) >= 11 is 0. The fourth-order valence-electron chi connectivity index (χ4n) is 1.43. The molecule has 78 valence electrons. The second kappa shape index (κ2) is 3.27. The Morgan fingerprint density at radius 2 is 2.27 bits per heavy atom. The van der Waals surface area contributed by atoms with E-state index in [2.05, 4.69) is 9.72 Å². The number of aromatic nitrogens is 1. The number of aromatic amines is 1. The molecule has 3 N–H and O–H groups in total. The van der Waals surface area contributed by atoms with E-state index in [1.807, 2.05) is 0 Å². The Hall–Kier alpha value is -2.04. The van der Waals surface area contributed by atoms with Gasteiger partial charge in [0.15, 0.2) is 0 Å². The fourth-order valence-corrected chi connectivity index (χ4v) is 1.43. The number of nitrogens with two attached hydrogens (primary N) is 1. The molecule has 0 amide bonds. The fraction of sp³-hybridized carbons (Fsp3) is 0.100. The zero-order chi connectivity index (χ0) is 11.0. The predicted octanol–water partition coefficient (Wildman–Crippen LogP) is 1.68. The van der Waals surface area contributed by atoms with Crippen LogP contribution in [0.15, 0.2) is 18.2 Å². The summed E-state index contributed by atoms with van der Waals surface area (Å²) in [6.45, 7) is 0. The number of H-pyrrole nitrogens is 1. The highest BCUT2D eigenvalue weighted by Crippen LogP contribution is 2.24. The van der Waals surface area contributed by atoms with E-state index in [0.717, 1.165) is 0 Å². The summed E-state index contributed by atoms with van der Waals surface area (Å²) in [6.07, 6.45) is 0. The lowest BCUT2D eigenvalue weighted by molar-refractivity contribution is 0.0595. The number of hydrogen-bond acceptors (Lipinski definition) is 3. The Kier molecular flexibility index (Phi) is 2.07. The minimum absolute atomic E-state index is 0.185. The van der Waals surface area contributed by atoms with Gasteiger partial charge in [-0.3, -0.25) is 0 Å². The van der Waals surface area contributed by atoms with Crippen molar-refractivity contribution < 1.29 is 13.9 Å². The maximum Gasteiger partial charge on any atom is 0.354 e. The third kappa shape index (κ3) is 1.41. The van der Waals surface area contributed by atoms with Crippen molar-refractivity contribution in [3.63, 3.8) is 0 Å². The molecule has 15 heavy (non-hydrogen) atoms. The largest absolute Gasteiger partial charge is 0.464 e. The molecule has 2 rings (SSSR count). The lowest BCUT2D eigenvalue weighted by atomic mass is 10.2. The molecule has 0 bridgehead atoms. The highest BCUT2D eigenvalue weighted by atomic mass is 19.1. The van der Waals surface area contributed by atoms with Gasteiger partial charge in [-0.25, -0.2) is 9.18 Å². The van der Waals surface area contributed by atoms with Crippen molar-refractivity contribution in [1.29, 1.82) is 0 Å². The van der Waals surface area contributed by atoms with Crippen molar-refractivity contribution in [2.45, 2.75) is 0 Å². The molecule has 0 spiro atoms. The second-order valence-corrected chi connectivity index (χ2v) is 3.10. The number of benzene rings is 1. The average Bonchev–Trinajstić information content (AvgIpc) is 2.68. The summed E-state index contributed by atoms with van der Waals surface area (Å²) in [5.74, 6) is -1.00. The number of methoxy groups -OCH3 is 1. The predicted molar refractivity (Wildman–Crippen MR) is 54.0 cm³/mol. The summed E-state index contributed by atoms with van der Waals surface area (Å²) < 4.78 is 17.8. The number of carbonyl (C=O) groups is 1.